The van der Waals surface area contributed by atoms with Crippen LogP contribution in [-0.2, 0) is 4.79 Å². The van der Waals surface area contributed by atoms with Gasteiger partial charge in [-0.05, 0) is 74.0 Å². The lowest BCUT2D eigenvalue weighted by atomic mass is 9.44. The first-order chi connectivity index (χ1) is 11.0. The molecule has 0 spiro atoms. The van der Waals surface area contributed by atoms with E-state index in [2.05, 4.69) is 18.9 Å². The summed E-state index contributed by atoms with van der Waals surface area (Å²) in [5.74, 6) is 4.44. The van der Waals surface area contributed by atoms with E-state index in [-0.39, 0.29) is 5.92 Å². The third-order valence-electron chi connectivity index (χ3n) is 8.26. The van der Waals surface area contributed by atoms with Crippen molar-refractivity contribution in [3.8, 4) is 12.3 Å². The number of carboxylic acid groups (broad SMARTS) is 1. The number of hydrogen-bond donors (Lipinski definition) is 1. The average Bonchev–Trinajstić information content (AvgIpc) is 2.94. The first kappa shape index (κ1) is 15.3. The summed E-state index contributed by atoms with van der Waals surface area (Å²) < 4.78 is 0. The minimum Gasteiger partial charge on any atom is -0.481 e. The molecular formula is C21H28O2. The van der Waals surface area contributed by atoms with Gasteiger partial charge in [-0.1, -0.05) is 31.8 Å². The maximum atomic E-state index is 12.2. The number of carboxylic acids is 1. The number of allylic oxidation sites excluding steroid dienone is 1. The third-order valence-corrected chi connectivity index (χ3v) is 8.26. The maximum Gasteiger partial charge on any atom is 0.315 e. The molecule has 0 radical (unpaired) electrons. The molecule has 0 aromatic carbocycles. The molecule has 2 nitrogen and oxygen atoms in total. The zero-order chi connectivity index (χ0) is 16.2. The highest BCUT2D eigenvalue weighted by Crippen LogP contribution is 2.66. The van der Waals surface area contributed by atoms with E-state index >= 15 is 0 Å². The predicted octanol–water partition coefficient (Wildman–Crippen LogP) is 4.65. The molecule has 3 saturated carbocycles. The van der Waals surface area contributed by atoms with Gasteiger partial charge in [-0.3, -0.25) is 4.79 Å². The van der Waals surface area contributed by atoms with Crippen molar-refractivity contribution in [3.05, 3.63) is 11.6 Å². The summed E-state index contributed by atoms with van der Waals surface area (Å²) in [5.41, 5.74) is 0.475. The van der Waals surface area contributed by atoms with E-state index in [1.165, 1.54) is 38.5 Å². The van der Waals surface area contributed by atoms with Crippen LogP contribution in [0.1, 0.15) is 64.7 Å². The summed E-state index contributed by atoms with van der Waals surface area (Å²) in [6.07, 6.45) is 18.5. The molecule has 6 atom stereocenters. The Hall–Kier alpha value is -1.23. The minimum atomic E-state index is -0.742. The highest BCUT2D eigenvalue weighted by Gasteiger charge is 2.62. The third kappa shape index (κ3) is 1.86. The summed E-state index contributed by atoms with van der Waals surface area (Å²) >= 11 is 0. The van der Waals surface area contributed by atoms with Crippen LogP contribution in [-0.4, -0.2) is 11.1 Å². The van der Waals surface area contributed by atoms with Gasteiger partial charge in [0, 0.05) is 5.57 Å². The first-order valence-corrected chi connectivity index (χ1v) is 9.44. The van der Waals surface area contributed by atoms with Crippen molar-refractivity contribution in [1.82, 2.24) is 0 Å². The zero-order valence-corrected chi connectivity index (χ0v) is 14.2. The Bertz CT molecular complexity index is 597. The lowest BCUT2D eigenvalue weighted by molar-refractivity contribution is -0.161. The fourth-order valence-corrected chi connectivity index (χ4v) is 7.14. The SMILES string of the molecule is C#CC1=CC[C@H]2[C@@H]3CCC4CCCC[C@]4(C)[C@H]3CC[C@]12C(=O)O. The fourth-order valence-electron chi connectivity index (χ4n) is 7.14. The van der Waals surface area contributed by atoms with Crippen LogP contribution >= 0.6 is 0 Å². The monoisotopic (exact) mass is 312 g/mol. The molecule has 4 aliphatic carbocycles. The molecule has 3 fully saturated rings. The van der Waals surface area contributed by atoms with Crippen molar-refractivity contribution < 1.29 is 9.90 Å². The predicted molar refractivity (Wildman–Crippen MR) is 90.6 cm³/mol. The van der Waals surface area contributed by atoms with Gasteiger partial charge in [-0.15, -0.1) is 6.42 Å². The zero-order valence-electron chi connectivity index (χ0n) is 14.2. The van der Waals surface area contributed by atoms with E-state index in [1.807, 2.05) is 0 Å². The normalized spacial score (nSPS) is 48.4. The van der Waals surface area contributed by atoms with Gasteiger partial charge in [0.15, 0.2) is 0 Å². The van der Waals surface area contributed by atoms with E-state index in [9.17, 15) is 9.90 Å². The van der Waals surface area contributed by atoms with Crippen molar-refractivity contribution >= 4 is 5.97 Å². The van der Waals surface area contributed by atoms with E-state index in [4.69, 9.17) is 6.42 Å². The molecule has 124 valence electrons. The molecule has 0 amide bonds. The van der Waals surface area contributed by atoms with Crippen LogP contribution in [0.4, 0.5) is 0 Å². The van der Waals surface area contributed by atoms with Crippen molar-refractivity contribution in [2.24, 2.45) is 34.5 Å². The van der Waals surface area contributed by atoms with Crippen LogP contribution in [0.2, 0.25) is 0 Å². The van der Waals surface area contributed by atoms with Gasteiger partial charge in [0.2, 0.25) is 0 Å². The minimum absolute atomic E-state index is 0.240. The lowest BCUT2D eigenvalue weighted by Crippen LogP contribution is -2.54. The van der Waals surface area contributed by atoms with Gasteiger partial charge >= 0.3 is 5.97 Å². The highest BCUT2D eigenvalue weighted by atomic mass is 16.4. The van der Waals surface area contributed by atoms with Crippen molar-refractivity contribution in [1.29, 1.82) is 0 Å². The lowest BCUT2D eigenvalue weighted by Gasteiger charge is -2.59. The highest BCUT2D eigenvalue weighted by molar-refractivity contribution is 5.82. The molecule has 0 bridgehead atoms. The summed E-state index contributed by atoms with van der Waals surface area (Å²) in [4.78, 5) is 12.2. The van der Waals surface area contributed by atoms with Gasteiger partial charge in [0.1, 0.15) is 5.41 Å². The molecule has 1 unspecified atom stereocenters. The molecule has 0 aromatic rings. The molecule has 4 aliphatic rings. The molecule has 2 heteroatoms. The Morgan fingerprint density at radius 2 is 2.04 bits per heavy atom. The first-order valence-electron chi connectivity index (χ1n) is 9.44. The number of hydrogen-bond acceptors (Lipinski definition) is 1. The molecule has 0 aromatic heterocycles. The molecule has 4 rings (SSSR count). The van der Waals surface area contributed by atoms with Crippen LogP contribution in [0, 0.1) is 46.8 Å². The summed E-state index contributed by atoms with van der Waals surface area (Å²) in [6.45, 7) is 2.52. The second-order valence-electron chi connectivity index (χ2n) is 8.72. The molecular weight excluding hydrogens is 284 g/mol. The van der Waals surface area contributed by atoms with E-state index in [0.717, 1.165) is 30.8 Å². The summed E-state index contributed by atoms with van der Waals surface area (Å²) in [6, 6.07) is 0. The number of carbonyl (C=O) groups is 1. The second-order valence-corrected chi connectivity index (χ2v) is 8.72. The number of fused-ring (bicyclic) bond motifs is 5. The van der Waals surface area contributed by atoms with Crippen LogP contribution in [0.15, 0.2) is 11.6 Å². The largest absolute Gasteiger partial charge is 0.481 e. The Morgan fingerprint density at radius 3 is 2.78 bits per heavy atom. The van der Waals surface area contributed by atoms with E-state index < -0.39 is 11.4 Å². The van der Waals surface area contributed by atoms with E-state index in [0.29, 0.717) is 17.3 Å². The van der Waals surface area contributed by atoms with Gasteiger partial charge in [0.25, 0.3) is 0 Å². The smallest absolute Gasteiger partial charge is 0.315 e. The number of aliphatic carboxylic acids is 1. The Balaban J connectivity index is 1.70. The van der Waals surface area contributed by atoms with Crippen LogP contribution < -0.4 is 0 Å². The van der Waals surface area contributed by atoms with Crippen molar-refractivity contribution in [2.45, 2.75) is 64.7 Å². The summed E-state index contributed by atoms with van der Waals surface area (Å²) in [7, 11) is 0. The Kier molecular flexibility index (Phi) is 3.42. The fraction of sp³-hybridized carbons (Fsp3) is 0.762. The van der Waals surface area contributed by atoms with Gasteiger partial charge in [-0.25, -0.2) is 0 Å². The molecule has 1 N–H and O–H groups in total. The quantitative estimate of drug-likeness (QED) is 0.715. The second kappa shape index (κ2) is 5.13. The van der Waals surface area contributed by atoms with Crippen molar-refractivity contribution in [3.63, 3.8) is 0 Å². The average molecular weight is 312 g/mol. The number of terminal acetylenes is 1. The van der Waals surface area contributed by atoms with Gasteiger partial charge in [-0.2, -0.15) is 0 Å². The summed E-state index contributed by atoms with van der Waals surface area (Å²) in [5, 5.41) is 10.1. The van der Waals surface area contributed by atoms with Gasteiger partial charge < -0.3 is 5.11 Å². The molecule has 0 heterocycles. The Labute approximate surface area is 139 Å². The standard InChI is InChI=1S/C21H28O2/c1-3-14-8-10-18-16-9-7-15-6-4-5-12-20(15,2)17(16)11-13-21(14,18)19(22)23/h1,8,15-18H,4-7,9-13H2,2H3,(H,22,23)/t15?,16-,17+,18+,20+,21+/m1/s1. The molecule has 0 aliphatic heterocycles. The van der Waals surface area contributed by atoms with Crippen LogP contribution in [0.3, 0.4) is 0 Å². The van der Waals surface area contributed by atoms with Crippen molar-refractivity contribution in [2.75, 3.05) is 0 Å². The number of rotatable bonds is 1. The molecule has 0 saturated heterocycles. The van der Waals surface area contributed by atoms with Crippen LogP contribution in [0.5, 0.6) is 0 Å². The van der Waals surface area contributed by atoms with Gasteiger partial charge in [0.05, 0.1) is 0 Å². The van der Waals surface area contributed by atoms with Crippen LogP contribution in [0.25, 0.3) is 0 Å². The Morgan fingerprint density at radius 1 is 1.22 bits per heavy atom. The maximum absolute atomic E-state index is 12.2. The van der Waals surface area contributed by atoms with E-state index in [1.54, 1.807) is 0 Å². The molecule has 23 heavy (non-hydrogen) atoms. The topological polar surface area (TPSA) is 37.3 Å².